The van der Waals surface area contributed by atoms with Gasteiger partial charge in [-0.2, -0.15) is 5.10 Å². The number of carbonyl (C=O) groups excluding carboxylic acids is 1. The molecule has 7 heteroatoms. The van der Waals surface area contributed by atoms with Gasteiger partial charge in [0, 0.05) is 32.4 Å². The number of hydrogen-bond acceptors (Lipinski definition) is 4. The molecule has 0 aliphatic carbocycles. The summed E-state index contributed by atoms with van der Waals surface area (Å²) in [5.41, 5.74) is 1.95. The summed E-state index contributed by atoms with van der Waals surface area (Å²) in [7, 11) is 4.03. The summed E-state index contributed by atoms with van der Waals surface area (Å²) >= 11 is 0. The Hall–Kier alpha value is -2.54. The van der Waals surface area contributed by atoms with Gasteiger partial charge in [-0.15, -0.1) is 0 Å². The lowest BCUT2D eigenvalue weighted by Gasteiger charge is -2.36. The summed E-state index contributed by atoms with van der Waals surface area (Å²) in [4.78, 5) is 17.4. The maximum absolute atomic E-state index is 13.2. The van der Waals surface area contributed by atoms with E-state index in [4.69, 9.17) is 4.74 Å². The number of nitrogens with one attached hydrogen (secondary N) is 1. The third-order valence-electron chi connectivity index (χ3n) is 5.71. The second-order valence-electron chi connectivity index (χ2n) is 9.27. The number of aromatic nitrogens is 2. The van der Waals surface area contributed by atoms with E-state index in [1.807, 2.05) is 48.5 Å². The molecule has 1 aromatic heterocycles. The molecule has 1 fully saturated rings. The minimum atomic E-state index is -0.0350. The molecule has 170 valence electrons. The zero-order valence-corrected chi connectivity index (χ0v) is 19.5. The predicted octanol–water partition coefficient (Wildman–Crippen LogP) is 3.51. The highest BCUT2D eigenvalue weighted by molar-refractivity contribution is 5.74. The maximum Gasteiger partial charge on any atom is 0.318 e. The quantitative estimate of drug-likeness (QED) is 0.700. The fourth-order valence-electron chi connectivity index (χ4n) is 3.94. The molecule has 2 atom stereocenters. The number of aryl methyl sites for hydroxylation is 1. The standard InChI is InChI=1S/C24H37N5O2/c1-18(2)17-31-22-8-6-20(7-9-22)15-29(16-21-10-13-28(5)26-21)24(30)25-23-11-12-27(4)14-19(23)3/h6-10,13,18-19,23H,11-12,14-17H2,1-5H3,(H,25,30)/t19-,23-/m1/s1. The normalized spacial score (nSPS) is 19.4. The molecule has 0 bridgehead atoms. The molecule has 0 unspecified atom stereocenters. The van der Waals surface area contributed by atoms with Crippen molar-refractivity contribution in [3.63, 3.8) is 0 Å². The first-order chi connectivity index (χ1) is 14.8. The summed E-state index contributed by atoms with van der Waals surface area (Å²) in [6.07, 6.45) is 2.88. The molecule has 1 saturated heterocycles. The van der Waals surface area contributed by atoms with Gasteiger partial charge in [-0.25, -0.2) is 4.79 Å². The lowest BCUT2D eigenvalue weighted by molar-refractivity contribution is 0.153. The molecule has 3 rings (SSSR count). The number of piperidine rings is 1. The summed E-state index contributed by atoms with van der Waals surface area (Å²) in [6.45, 7) is 10.2. The van der Waals surface area contributed by atoms with Gasteiger partial charge in [-0.3, -0.25) is 4.68 Å². The van der Waals surface area contributed by atoms with Crippen molar-refractivity contribution in [3.8, 4) is 5.75 Å². The van der Waals surface area contributed by atoms with Crippen LogP contribution in [0, 0.1) is 11.8 Å². The van der Waals surface area contributed by atoms with Crippen LogP contribution in [0.1, 0.15) is 38.4 Å². The van der Waals surface area contributed by atoms with Crippen LogP contribution in [0.4, 0.5) is 4.79 Å². The number of carbonyl (C=O) groups is 1. The largest absolute Gasteiger partial charge is 0.493 e. The topological polar surface area (TPSA) is 62.6 Å². The number of nitrogens with zero attached hydrogens (tertiary/aromatic N) is 4. The first-order valence-electron chi connectivity index (χ1n) is 11.2. The number of ether oxygens (including phenoxy) is 1. The van der Waals surface area contributed by atoms with E-state index in [-0.39, 0.29) is 12.1 Å². The molecule has 2 amide bonds. The van der Waals surface area contributed by atoms with Gasteiger partial charge in [0.05, 0.1) is 18.8 Å². The Morgan fingerprint density at radius 2 is 1.97 bits per heavy atom. The average molecular weight is 428 g/mol. The van der Waals surface area contributed by atoms with E-state index in [1.165, 1.54) is 0 Å². The molecule has 1 aliphatic rings. The third-order valence-corrected chi connectivity index (χ3v) is 5.71. The fraction of sp³-hybridized carbons (Fsp3) is 0.583. The Balaban J connectivity index is 1.68. The molecule has 7 nitrogen and oxygen atoms in total. The Morgan fingerprint density at radius 3 is 2.58 bits per heavy atom. The zero-order valence-electron chi connectivity index (χ0n) is 19.5. The number of urea groups is 1. The van der Waals surface area contributed by atoms with E-state index in [0.29, 0.717) is 31.5 Å². The molecule has 1 aromatic carbocycles. The van der Waals surface area contributed by atoms with Crippen molar-refractivity contribution in [3.05, 3.63) is 47.8 Å². The van der Waals surface area contributed by atoms with Crippen LogP contribution in [0.5, 0.6) is 5.75 Å². The number of benzene rings is 1. The molecule has 0 saturated carbocycles. The molecule has 1 aliphatic heterocycles. The summed E-state index contributed by atoms with van der Waals surface area (Å²) in [5.74, 6) is 1.77. The third kappa shape index (κ3) is 6.99. The van der Waals surface area contributed by atoms with Gasteiger partial charge >= 0.3 is 6.03 Å². The first kappa shape index (κ1) is 23.1. The minimum Gasteiger partial charge on any atom is -0.493 e. The Bertz CT molecular complexity index is 833. The monoisotopic (exact) mass is 427 g/mol. The van der Waals surface area contributed by atoms with E-state index in [9.17, 15) is 4.79 Å². The summed E-state index contributed by atoms with van der Waals surface area (Å²) in [5, 5.41) is 7.75. The van der Waals surface area contributed by atoms with Crippen molar-refractivity contribution in [1.29, 1.82) is 0 Å². The Morgan fingerprint density at radius 1 is 1.23 bits per heavy atom. The van der Waals surface area contributed by atoms with Gasteiger partial charge < -0.3 is 19.9 Å². The maximum atomic E-state index is 13.2. The first-order valence-corrected chi connectivity index (χ1v) is 11.2. The van der Waals surface area contributed by atoms with Gasteiger partial charge in [0.1, 0.15) is 5.75 Å². The predicted molar refractivity (Wildman–Crippen MR) is 123 cm³/mol. The molecule has 0 spiro atoms. The minimum absolute atomic E-state index is 0.0350. The van der Waals surface area contributed by atoms with Crippen LogP contribution in [0.25, 0.3) is 0 Å². The number of hydrogen-bond donors (Lipinski definition) is 1. The molecule has 2 aromatic rings. The van der Waals surface area contributed by atoms with Gasteiger partial charge in [0.15, 0.2) is 0 Å². The van der Waals surface area contributed by atoms with Crippen LogP contribution in [-0.4, -0.2) is 58.4 Å². The molecule has 1 N–H and O–H groups in total. The van der Waals surface area contributed by atoms with Crippen molar-refractivity contribution < 1.29 is 9.53 Å². The van der Waals surface area contributed by atoms with Crippen LogP contribution < -0.4 is 10.1 Å². The van der Waals surface area contributed by atoms with Crippen LogP contribution in [0.2, 0.25) is 0 Å². The molecule has 0 radical (unpaired) electrons. The highest BCUT2D eigenvalue weighted by Crippen LogP contribution is 2.18. The SMILES string of the molecule is CC(C)COc1ccc(CN(Cc2ccn(C)n2)C(=O)N[C@@H]2CCN(C)C[C@H]2C)cc1. The fourth-order valence-corrected chi connectivity index (χ4v) is 3.94. The van der Waals surface area contributed by atoms with Gasteiger partial charge in [0.2, 0.25) is 0 Å². The lowest BCUT2D eigenvalue weighted by atomic mass is 9.94. The zero-order chi connectivity index (χ0) is 22.4. The highest BCUT2D eigenvalue weighted by atomic mass is 16.5. The number of rotatable bonds is 8. The van der Waals surface area contributed by atoms with Crippen LogP contribution in [0.15, 0.2) is 36.5 Å². The van der Waals surface area contributed by atoms with Crippen molar-refractivity contribution in [2.45, 2.75) is 46.3 Å². The summed E-state index contributed by atoms with van der Waals surface area (Å²) in [6, 6.07) is 10.1. The molecular formula is C24H37N5O2. The van der Waals surface area contributed by atoms with Crippen molar-refractivity contribution in [1.82, 2.24) is 24.9 Å². The van der Waals surface area contributed by atoms with E-state index < -0.39 is 0 Å². The van der Waals surface area contributed by atoms with Gasteiger partial charge in [0.25, 0.3) is 0 Å². The van der Waals surface area contributed by atoms with Crippen molar-refractivity contribution >= 4 is 6.03 Å². The molecular weight excluding hydrogens is 390 g/mol. The summed E-state index contributed by atoms with van der Waals surface area (Å²) < 4.78 is 7.55. The van der Waals surface area contributed by atoms with Crippen LogP contribution >= 0.6 is 0 Å². The number of likely N-dealkylation sites (tertiary alicyclic amines) is 1. The van der Waals surface area contributed by atoms with Crippen molar-refractivity contribution in [2.75, 3.05) is 26.7 Å². The second kappa shape index (κ2) is 10.7. The average Bonchev–Trinajstić information content (AvgIpc) is 3.13. The van der Waals surface area contributed by atoms with Crippen LogP contribution in [-0.2, 0) is 20.1 Å². The van der Waals surface area contributed by atoms with E-state index in [2.05, 4.69) is 43.1 Å². The number of amides is 2. The van der Waals surface area contributed by atoms with Gasteiger partial charge in [-0.05, 0) is 55.6 Å². The van der Waals surface area contributed by atoms with Crippen molar-refractivity contribution in [2.24, 2.45) is 18.9 Å². The van der Waals surface area contributed by atoms with E-state index in [0.717, 1.165) is 36.5 Å². The highest BCUT2D eigenvalue weighted by Gasteiger charge is 2.27. The Labute approximate surface area is 186 Å². The second-order valence-corrected chi connectivity index (χ2v) is 9.27. The Kier molecular flexibility index (Phi) is 7.96. The smallest absolute Gasteiger partial charge is 0.318 e. The van der Waals surface area contributed by atoms with Crippen LogP contribution in [0.3, 0.4) is 0 Å². The lowest BCUT2D eigenvalue weighted by Crippen LogP contribution is -2.52. The van der Waals surface area contributed by atoms with Gasteiger partial charge in [-0.1, -0.05) is 32.9 Å². The molecule has 31 heavy (non-hydrogen) atoms. The molecule has 2 heterocycles. The van der Waals surface area contributed by atoms with E-state index >= 15 is 0 Å². The van der Waals surface area contributed by atoms with E-state index in [1.54, 1.807) is 4.68 Å².